The number of nitrogens with one attached hydrogen (secondary N) is 3. The van der Waals surface area contributed by atoms with Gasteiger partial charge < -0.3 is 10.6 Å². The summed E-state index contributed by atoms with van der Waals surface area (Å²) in [6.07, 6.45) is 9.31. The third kappa shape index (κ3) is 5.03. The van der Waals surface area contributed by atoms with Gasteiger partial charge in [0.2, 0.25) is 5.91 Å². The third-order valence-electron chi connectivity index (χ3n) is 7.02. The van der Waals surface area contributed by atoms with Crippen LogP contribution in [-0.4, -0.2) is 43.0 Å². The molecule has 5 rings (SSSR count). The van der Waals surface area contributed by atoms with Gasteiger partial charge in [-0.2, -0.15) is 5.10 Å². The maximum absolute atomic E-state index is 12.9. The molecule has 2 aromatic heterocycles. The summed E-state index contributed by atoms with van der Waals surface area (Å²) in [6.45, 7) is 0. The Bertz CT molecular complexity index is 1130. The van der Waals surface area contributed by atoms with Gasteiger partial charge in [-0.25, -0.2) is 4.68 Å². The fourth-order valence-corrected chi connectivity index (χ4v) is 4.99. The summed E-state index contributed by atoms with van der Waals surface area (Å²) in [5, 5.41) is 21.3. The van der Waals surface area contributed by atoms with Crippen LogP contribution in [0.1, 0.15) is 73.3 Å². The largest absolute Gasteiger partial charge is 0.349 e. The van der Waals surface area contributed by atoms with Crippen molar-refractivity contribution < 1.29 is 9.59 Å². The van der Waals surface area contributed by atoms with Crippen molar-refractivity contribution >= 4 is 17.6 Å². The maximum Gasteiger partial charge on any atom is 0.251 e. The molecule has 0 spiro atoms. The molecule has 1 aromatic carbocycles. The average molecular weight is 462 g/mol. The molecule has 0 saturated heterocycles. The van der Waals surface area contributed by atoms with Crippen LogP contribution in [0.15, 0.2) is 36.5 Å². The highest BCUT2D eigenvalue weighted by atomic mass is 16.2. The number of rotatable bonds is 8. The first-order valence-electron chi connectivity index (χ1n) is 12.2. The lowest BCUT2D eigenvalue weighted by Gasteiger charge is -2.32. The quantitative estimate of drug-likeness (QED) is 0.472. The van der Waals surface area contributed by atoms with E-state index in [9.17, 15) is 9.59 Å². The molecular formula is C25H31N7O2. The minimum atomic E-state index is -0.0638. The number of amides is 2. The van der Waals surface area contributed by atoms with E-state index in [0.29, 0.717) is 23.7 Å². The van der Waals surface area contributed by atoms with Crippen molar-refractivity contribution in [3.63, 3.8) is 0 Å². The molecule has 178 valence electrons. The number of hydrogen-bond acceptors (Lipinski definition) is 5. The van der Waals surface area contributed by atoms with Crippen molar-refractivity contribution in [2.24, 2.45) is 13.0 Å². The van der Waals surface area contributed by atoms with Crippen LogP contribution in [0.5, 0.6) is 0 Å². The van der Waals surface area contributed by atoms with Crippen molar-refractivity contribution in [3.05, 3.63) is 47.8 Å². The summed E-state index contributed by atoms with van der Waals surface area (Å²) in [5.74, 6) is 1.25. The highest BCUT2D eigenvalue weighted by Gasteiger charge is 2.32. The number of aromatic nitrogens is 5. The smallest absolute Gasteiger partial charge is 0.251 e. The van der Waals surface area contributed by atoms with Gasteiger partial charge in [0, 0.05) is 37.2 Å². The predicted molar refractivity (Wildman–Crippen MR) is 128 cm³/mol. The van der Waals surface area contributed by atoms with Gasteiger partial charge in [0.25, 0.3) is 5.91 Å². The normalized spacial score (nSPS) is 20.1. The van der Waals surface area contributed by atoms with Crippen molar-refractivity contribution in [1.82, 2.24) is 30.5 Å². The van der Waals surface area contributed by atoms with Crippen LogP contribution in [0.4, 0.5) is 5.82 Å². The first kappa shape index (κ1) is 22.3. The number of hydrogen-bond donors (Lipinski definition) is 3. The third-order valence-corrected chi connectivity index (χ3v) is 7.02. The topological polar surface area (TPSA) is 118 Å². The number of carbonyl (C=O) groups is 2. The van der Waals surface area contributed by atoms with Crippen molar-refractivity contribution in [2.45, 2.75) is 63.3 Å². The molecule has 3 N–H and O–H groups in total. The molecule has 0 bridgehead atoms. The molecule has 2 amide bonds. The summed E-state index contributed by atoms with van der Waals surface area (Å²) in [5.41, 5.74) is 3.57. The number of aromatic amines is 1. The van der Waals surface area contributed by atoms with Gasteiger partial charge in [-0.05, 0) is 61.8 Å². The summed E-state index contributed by atoms with van der Waals surface area (Å²) < 4.78 is 1.77. The highest BCUT2D eigenvalue weighted by Crippen LogP contribution is 2.42. The van der Waals surface area contributed by atoms with Crippen LogP contribution >= 0.6 is 0 Å². The summed E-state index contributed by atoms with van der Waals surface area (Å²) in [4.78, 5) is 25.6. The lowest BCUT2D eigenvalue weighted by atomic mass is 9.81. The van der Waals surface area contributed by atoms with Gasteiger partial charge in [0.05, 0.1) is 11.4 Å². The monoisotopic (exact) mass is 461 g/mol. The van der Waals surface area contributed by atoms with E-state index in [1.165, 1.54) is 0 Å². The Morgan fingerprint density at radius 3 is 2.62 bits per heavy atom. The van der Waals surface area contributed by atoms with E-state index in [1.807, 2.05) is 37.4 Å². The second kappa shape index (κ2) is 9.79. The average Bonchev–Trinajstić information content (AvgIpc) is 3.39. The Morgan fingerprint density at radius 1 is 1.09 bits per heavy atom. The Hall–Kier alpha value is -3.49. The summed E-state index contributed by atoms with van der Waals surface area (Å²) in [6, 6.07) is 9.51. The molecule has 9 heteroatoms. The molecule has 3 aromatic rings. The van der Waals surface area contributed by atoms with Gasteiger partial charge in [0.15, 0.2) is 5.82 Å². The fourth-order valence-electron chi connectivity index (χ4n) is 4.99. The van der Waals surface area contributed by atoms with Crippen molar-refractivity contribution in [2.75, 3.05) is 5.32 Å². The summed E-state index contributed by atoms with van der Waals surface area (Å²) >= 11 is 0. The number of benzene rings is 1. The van der Waals surface area contributed by atoms with E-state index < -0.39 is 0 Å². The van der Waals surface area contributed by atoms with Crippen LogP contribution in [0.3, 0.4) is 0 Å². The highest BCUT2D eigenvalue weighted by molar-refractivity contribution is 5.95. The molecule has 2 saturated carbocycles. The molecule has 2 aliphatic rings. The fraction of sp³-hybridized carbons (Fsp3) is 0.480. The molecule has 0 radical (unpaired) electrons. The van der Waals surface area contributed by atoms with Gasteiger partial charge >= 0.3 is 0 Å². The summed E-state index contributed by atoms with van der Waals surface area (Å²) in [7, 11) is 1.87. The van der Waals surface area contributed by atoms with Gasteiger partial charge in [-0.15, -0.1) is 5.10 Å². The first-order chi connectivity index (χ1) is 16.6. The van der Waals surface area contributed by atoms with Gasteiger partial charge in [-0.3, -0.25) is 14.7 Å². The lowest BCUT2D eigenvalue weighted by Crippen LogP contribution is -2.42. The molecular weight excluding hydrogens is 430 g/mol. The molecule has 34 heavy (non-hydrogen) atoms. The number of H-pyrrole nitrogens is 1. The molecule has 0 aliphatic heterocycles. The van der Waals surface area contributed by atoms with Crippen molar-refractivity contribution in [1.29, 1.82) is 0 Å². The van der Waals surface area contributed by atoms with E-state index >= 15 is 0 Å². The second-order valence-corrected chi connectivity index (χ2v) is 9.48. The Balaban J connectivity index is 1.16. The Labute approximate surface area is 198 Å². The van der Waals surface area contributed by atoms with E-state index in [2.05, 4.69) is 31.1 Å². The number of nitrogens with zero attached hydrogens (tertiary/aromatic N) is 4. The zero-order valence-corrected chi connectivity index (χ0v) is 19.5. The predicted octanol–water partition coefficient (Wildman–Crippen LogP) is 3.79. The molecule has 2 atom stereocenters. The second-order valence-electron chi connectivity index (χ2n) is 9.48. The molecule has 2 heterocycles. The lowest BCUT2D eigenvalue weighted by molar-refractivity contribution is -0.116. The zero-order valence-electron chi connectivity index (χ0n) is 19.5. The number of carbonyl (C=O) groups excluding carboxylic acids is 2. The molecule has 9 nitrogen and oxygen atoms in total. The van der Waals surface area contributed by atoms with Gasteiger partial charge in [0.1, 0.15) is 0 Å². The number of anilines is 1. The van der Waals surface area contributed by atoms with Crippen LogP contribution in [-0.2, 0) is 11.8 Å². The van der Waals surface area contributed by atoms with Crippen LogP contribution in [0.25, 0.3) is 11.3 Å². The maximum atomic E-state index is 12.9. The number of aryl methyl sites for hydroxylation is 1. The minimum absolute atomic E-state index is 0.0348. The molecule has 1 unspecified atom stereocenters. The van der Waals surface area contributed by atoms with Crippen LogP contribution < -0.4 is 10.6 Å². The van der Waals surface area contributed by atoms with Crippen LogP contribution in [0, 0.1) is 5.92 Å². The zero-order chi connectivity index (χ0) is 23.5. The molecule has 2 aliphatic carbocycles. The minimum Gasteiger partial charge on any atom is -0.349 e. The standard InChI is InChI=1S/C25H31N7O2/c1-32-23(18-8-9-18)24(30-31-32)28-22(33)13-12-16-4-2-3-5-20(16)27-25(34)19-10-6-17(7-11-19)21-14-15-26-29-21/h6-7,10-11,14-16,18,20H,2-5,8-9,12-13H2,1H3,(H,26,29)(H,27,34)(H,28,33)/t16-,20?/m0/s1. The SMILES string of the molecule is Cn1nnc(NC(=O)CC[C@@H]2CCCCC2NC(=O)c2ccc(-c3ccn[nH]3)cc2)c1C1CC1. The Morgan fingerprint density at radius 2 is 1.88 bits per heavy atom. The van der Waals surface area contributed by atoms with E-state index in [-0.39, 0.29) is 23.8 Å². The van der Waals surface area contributed by atoms with E-state index in [0.717, 1.165) is 61.9 Å². The van der Waals surface area contributed by atoms with Gasteiger partial charge in [-0.1, -0.05) is 30.2 Å². The first-order valence-corrected chi connectivity index (χ1v) is 12.2. The Kier molecular flexibility index (Phi) is 6.42. The van der Waals surface area contributed by atoms with Crippen molar-refractivity contribution in [3.8, 4) is 11.3 Å². The molecule has 2 fully saturated rings. The van der Waals surface area contributed by atoms with E-state index in [4.69, 9.17) is 0 Å². The van der Waals surface area contributed by atoms with E-state index in [1.54, 1.807) is 10.9 Å². The van der Waals surface area contributed by atoms with Crippen LogP contribution in [0.2, 0.25) is 0 Å².